The van der Waals surface area contributed by atoms with Gasteiger partial charge in [-0.1, -0.05) is 57.0 Å². The fraction of sp³-hybridized carbons (Fsp3) is 0.577. The Morgan fingerprint density at radius 3 is 2.42 bits per heavy atom. The number of aromatic nitrogens is 1. The highest BCUT2D eigenvalue weighted by atomic mass is 35.5. The van der Waals surface area contributed by atoms with Crippen molar-refractivity contribution in [1.29, 1.82) is 0 Å². The lowest BCUT2D eigenvalue weighted by molar-refractivity contribution is 0.0746. The molecule has 1 amide bonds. The molecule has 0 saturated carbocycles. The number of benzene rings is 1. The molecule has 2 heterocycles. The monoisotopic (exact) mass is 492 g/mol. The number of aromatic amines is 1. The van der Waals surface area contributed by atoms with E-state index in [1.54, 1.807) is 0 Å². The predicted octanol–water partition coefficient (Wildman–Crippen LogP) is 5.99. The van der Waals surface area contributed by atoms with Gasteiger partial charge in [0.25, 0.3) is 5.91 Å². The van der Waals surface area contributed by atoms with Crippen molar-refractivity contribution in [2.24, 2.45) is 0 Å². The summed E-state index contributed by atoms with van der Waals surface area (Å²) < 4.78 is 0. The number of nitrogens with one attached hydrogen (secondary N) is 1. The highest BCUT2D eigenvalue weighted by Crippen LogP contribution is 2.33. The van der Waals surface area contributed by atoms with Crippen molar-refractivity contribution in [3.63, 3.8) is 0 Å². The van der Waals surface area contributed by atoms with Gasteiger partial charge >= 0.3 is 0 Å². The van der Waals surface area contributed by atoms with E-state index in [-0.39, 0.29) is 11.3 Å². The first-order valence-corrected chi connectivity index (χ1v) is 12.8. The predicted molar refractivity (Wildman–Crippen MR) is 140 cm³/mol. The van der Waals surface area contributed by atoms with Crippen LogP contribution in [-0.4, -0.2) is 66.5 Å². The van der Waals surface area contributed by atoms with Crippen molar-refractivity contribution in [3.05, 3.63) is 51.3 Å². The minimum absolute atomic E-state index is 0.00364. The summed E-state index contributed by atoms with van der Waals surface area (Å²) in [4.78, 5) is 23.5. The van der Waals surface area contributed by atoms with E-state index in [0.717, 1.165) is 81.3 Å². The quantitative estimate of drug-likeness (QED) is 0.491. The van der Waals surface area contributed by atoms with Crippen molar-refractivity contribution in [2.75, 3.05) is 50.7 Å². The lowest BCUT2D eigenvalue weighted by Crippen LogP contribution is -2.47. The largest absolute Gasteiger partial charge is 0.368 e. The zero-order chi connectivity index (χ0) is 24.2. The van der Waals surface area contributed by atoms with Crippen molar-refractivity contribution >= 4 is 34.8 Å². The number of carbonyl (C=O) groups excluding carboxylic acids is 1. The van der Waals surface area contributed by atoms with Crippen LogP contribution < -0.4 is 4.90 Å². The van der Waals surface area contributed by atoms with E-state index in [1.165, 1.54) is 0 Å². The van der Waals surface area contributed by atoms with E-state index in [2.05, 4.69) is 42.5 Å². The Morgan fingerprint density at radius 2 is 1.82 bits per heavy atom. The first-order valence-electron chi connectivity index (χ1n) is 12.0. The van der Waals surface area contributed by atoms with Gasteiger partial charge in [-0.05, 0) is 44.5 Å². The Labute approximate surface area is 209 Å². The van der Waals surface area contributed by atoms with Crippen LogP contribution in [0.25, 0.3) is 0 Å². The lowest BCUT2D eigenvalue weighted by Gasteiger charge is -2.37. The fourth-order valence-electron chi connectivity index (χ4n) is 4.37. The number of anilines is 1. The van der Waals surface area contributed by atoms with Crippen molar-refractivity contribution < 1.29 is 4.79 Å². The molecule has 7 heteroatoms. The number of hydrogen-bond acceptors (Lipinski definition) is 3. The minimum atomic E-state index is -0.00364. The third-order valence-electron chi connectivity index (χ3n) is 6.38. The maximum atomic E-state index is 13.3. The molecule has 0 unspecified atom stereocenters. The Kier molecular flexibility index (Phi) is 8.76. The van der Waals surface area contributed by atoms with Gasteiger partial charge in [0.2, 0.25) is 0 Å². The van der Waals surface area contributed by atoms with Gasteiger partial charge in [-0.25, -0.2) is 0 Å². The summed E-state index contributed by atoms with van der Waals surface area (Å²) in [6.07, 6.45) is 1.93. The lowest BCUT2D eigenvalue weighted by atomic mass is 9.92. The molecule has 1 N–H and O–H groups in total. The smallest absolute Gasteiger partial charge is 0.255 e. The molecule has 1 aliphatic heterocycles. The molecule has 0 spiro atoms. The second-order valence-corrected chi connectivity index (χ2v) is 10.8. The van der Waals surface area contributed by atoms with Crippen LogP contribution >= 0.6 is 23.2 Å². The van der Waals surface area contributed by atoms with Crippen LogP contribution in [-0.2, 0) is 5.41 Å². The van der Waals surface area contributed by atoms with E-state index in [1.807, 2.05) is 36.1 Å². The maximum Gasteiger partial charge on any atom is 0.255 e. The first kappa shape index (κ1) is 25.9. The first-order chi connectivity index (χ1) is 15.6. The molecule has 1 fully saturated rings. The van der Waals surface area contributed by atoms with Gasteiger partial charge in [-0.15, -0.1) is 0 Å². The zero-order valence-corrected chi connectivity index (χ0v) is 22.2. The number of carbonyl (C=O) groups is 1. The Bertz CT molecular complexity index is 942. The number of aryl methyl sites for hydroxylation is 1. The fourth-order valence-corrected chi connectivity index (χ4v) is 4.79. The average molecular weight is 494 g/mol. The van der Waals surface area contributed by atoms with Gasteiger partial charge < -0.3 is 14.8 Å². The topological polar surface area (TPSA) is 42.6 Å². The zero-order valence-electron chi connectivity index (χ0n) is 20.7. The molecule has 0 atom stereocenters. The second-order valence-electron chi connectivity index (χ2n) is 10.0. The second kappa shape index (κ2) is 11.2. The third-order valence-corrected chi connectivity index (χ3v) is 7.19. The highest BCUT2D eigenvalue weighted by molar-refractivity contribution is 6.43. The minimum Gasteiger partial charge on any atom is -0.368 e. The van der Waals surface area contributed by atoms with Crippen LogP contribution in [0.15, 0.2) is 24.3 Å². The third kappa shape index (κ3) is 6.46. The molecule has 0 bridgehead atoms. The summed E-state index contributed by atoms with van der Waals surface area (Å²) in [5.41, 5.74) is 3.88. The van der Waals surface area contributed by atoms with Gasteiger partial charge in [0.15, 0.2) is 0 Å². The van der Waals surface area contributed by atoms with E-state index in [4.69, 9.17) is 23.2 Å². The molecular formula is C26H38Cl2N4O. The molecule has 1 aliphatic rings. The summed E-state index contributed by atoms with van der Waals surface area (Å²) in [7, 11) is 0. The van der Waals surface area contributed by atoms with E-state index in [9.17, 15) is 4.79 Å². The van der Waals surface area contributed by atoms with Crippen LogP contribution in [0.2, 0.25) is 10.0 Å². The molecule has 0 radical (unpaired) electrons. The SMILES string of the molecule is CCCN(CCCN1CCN(c2cccc(Cl)c2Cl)CC1)C(=O)c1cc(C(C)(C)C)[nH]c1C. The van der Waals surface area contributed by atoms with Crippen LogP contribution in [0.5, 0.6) is 0 Å². The van der Waals surface area contributed by atoms with E-state index < -0.39 is 0 Å². The molecular weight excluding hydrogens is 455 g/mol. The average Bonchev–Trinajstić information content (AvgIpc) is 3.17. The normalized spacial score (nSPS) is 15.2. The van der Waals surface area contributed by atoms with Crippen LogP contribution in [0.1, 0.15) is 62.3 Å². The number of amides is 1. The Morgan fingerprint density at radius 1 is 1.12 bits per heavy atom. The number of rotatable bonds is 8. The number of nitrogens with zero attached hydrogens (tertiary/aromatic N) is 3. The summed E-state index contributed by atoms with van der Waals surface area (Å²) >= 11 is 12.6. The van der Waals surface area contributed by atoms with Crippen LogP contribution in [0.3, 0.4) is 0 Å². The van der Waals surface area contributed by atoms with Gasteiger partial charge in [-0.3, -0.25) is 9.69 Å². The molecule has 1 saturated heterocycles. The molecule has 1 aromatic heterocycles. The molecule has 0 aliphatic carbocycles. The van der Waals surface area contributed by atoms with Gasteiger partial charge in [0.1, 0.15) is 0 Å². The van der Waals surface area contributed by atoms with Crippen molar-refractivity contribution in [2.45, 2.75) is 52.9 Å². The number of H-pyrrole nitrogens is 1. The number of halogens is 2. The number of piperazine rings is 1. The van der Waals surface area contributed by atoms with E-state index in [0.29, 0.717) is 10.0 Å². The Hall–Kier alpha value is -1.69. The summed E-state index contributed by atoms with van der Waals surface area (Å²) in [5, 5.41) is 1.24. The van der Waals surface area contributed by atoms with Crippen LogP contribution in [0.4, 0.5) is 5.69 Å². The van der Waals surface area contributed by atoms with E-state index >= 15 is 0 Å². The maximum absolute atomic E-state index is 13.3. The highest BCUT2D eigenvalue weighted by Gasteiger charge is 2.24. The molecule has 182 valence electrons. The summed E-state index contributed by atoms with van der Waals surface area (Å²) in [5.74, 6) is 0.140. The standard InChI is InChI=1S/C26H38Cl2N4O/c1-6-11-32(25(33)20-18-23(26(3,4)5)29-19(20)2)13-8-12-30-14-16-31(17-15-30)22-10-7-9-21(27)24(22)28/h7,9-10,18,29H,6,8,11-17H2,1-5H3. The molecule has 33 heavy (non-hydrogen) atoms. The molecule has 5 nitrogen and oxygen atoms in total. The van der Waals surface area contributed by atoms with Gasteiger partial charge in [0, 0.05) is 56.1 Å². The van der Waals surface area contributed by atoms with Gasteiger partial charge in [0.05, 0.1) is 21.3 Å². The molecule has 1 aromatic carbocycles. The van der Waals surface area contributed by atoms with Crippen molar-refractivity contribution in [1.82, 2.24) is 14.8 Å². The summed E-state index contributed by atoms with van der Waals surface area (Å²) in [6.45, 7) is 17.0. The molecule has 2 aromatic rings. The Balaban J connectivity index is 1.53. The van der Waals surface area contributed by atoms with Crippen LogP contribution in [0, 0.1) is 6.92 Å². The molecule has 3 rings (SSSR count). The van der Waals surface area contributed by atoms with Gasteiger partial charge in [-0.2, -0.15) is 0 Å². The number of hydrogen-bond donors (Lipinski definition) is 1. The summed E-state index contributed by atoms with van der Waals surface area (Å²) in [6, 6.07) is 7.85. The van der Waals surface area contributed by atoms with Crippen molar-refractivity contribution in [3.8, 4) is 0 Å².